The van der Waals surface area contributed by atoms with Crippen molar-refractivity contribution in [3.8, 4) is 5.75 Å². The highest BCUT2D eigenvalue weighted by atomic mass is 35.5. The third-order valence-electron chi connectivity index (χ3n) is 1.54. The third-order valence-corrected chi connectivity index (χ3v) is 2.08. The molecular formula is C10H10Cl2O3. The lowest BCUT2D eigenvalue weighted by atomic mass is 10.3. The Balaban J connectivity index is 2.54. The molecule has 0 saturated heterocycles. The molecule has 1 rings (SSSR count). The first kappa shape index (κ1) is 12.1. The highest BCUT2D eigenvalue weighted by Crippen LogP contribution is 2.27. The minimum Gasteiger partial charge on any atom is -0.480 e. The van der Waals surface area contributed by atoms with E-state index in [1.807, 2.05) is 0 Å². The number of ether oxygens (including phenoxy) is 2. The fourth-order valence-corrected chi connectivity index (χ4v) is 1.39. The summed E-state index contributed by atoms with van der Waals surface area (Å²) in [4.78, 5) is 11.0. The van der Waals surface area contributed by atoms with Crippen LogP contribution >= 0.6 is 23.2 Å². The molecule has 1 aromatic carbocycles. The molecule has 0 aliphatic rings. The molecule has 0 N–H and O–H groups in total. The molecule has 0 atom stereocenters. The summed E-state index contributed by atoms with van der Waals surface area (Å²) in [6.45, 7) is 1.90. The Kier molecular flexibility index (Phi) is 4.72. The van der Waals surface area contributed by atoms with Crippen molar-refractivity contribution in [1.82, 2.24) is 0 Å². The van der Waals surface area contributed by atoms with E-state index >= 15 is 0 Å². The van der Waals surface area contributed by atoms with Crippen LogP contribution in [0.15, 0.2) is 18.2 Å². The van der Waals surface area contributed by atoms with Crippen LogP contribution in [0.2, 0.25) is 10.0 Å². The van der Waals surface area contributed by atoms with Gasteiger partial charge in [-0.15, -0.1) is 0 Å². The lowest BCUT2D eigenvalue weighted by Gasteiger charge is -2.07. The van der Waals surface area contributed by atoms with Crippen LogP contribution in [0.3, 0.4) is 0 Å². The molecule has 0 saturated carbocycles. The zero-order valence-electron chi connectivity index (χ0n) is 8.13. The molecule has 0 radical (unpaired) electrons. The second-order valence-corrected chi connectivity index (χ2v) is 3.51. The Morgan fingerprint density at radius 1 is 1.40 bits per heavy atom. The Hall–Kier alpha value is -0.930. The predicted molar refractivity (Wildman–Crippen MR) is 58.6 cm³/mol. The Morgan fingerprint density at radius 3 is 2.73 bits per heavy atom. The van der Waals surface area contributed by atoms with E-state index in [9.17, 15) is 4.79 Å². The van der Waals surface area contributed by atoms with Crippen molar-refractivity contribution in [3.63, 3.8) is 0 Å². The number of carbonyl (C=O) groups is 1. The summed E-state index contributed by atoms with van der Waals surface area (Å²) in [6, 6.07) is 4.78. The maximum atomic E-state index is 11.0. The van der Waals surface area contributed by atoms with E-state index in [1.54, 1.807) is 25.1 Å². The predicted octanol–water partition coefficient (Wildman–Crippen LogP) is 2.94. The van der Waals surface area contributed by atoms with Gasteiger partial charge in [-0.3, -0.25) is 0 Å². The fourth-order valence-electron chi connectivity index (χ4n) is 0.932. The normalized spacial score (nSPS) is 9.80. The number of hydrogen-bond donors (Lipinski definition) is 0. The highest BCUT2D eigenvalue weighted by molar-refractivity contribution is 6.35. The van der Waals surface area contributed by atoms with E-state index in [-0.39, 0.29) is 6.61 Å². The van der Waals surface area contributed by atoms with Gasteiger partial charge >= 0.3 is 5.97 Å². The molecule has 0 amide bonds. The van der Waals surface area contributed by atoms with Gasteiger partial charge in [-0.2, -0.15) is 0 Å². The average molecular weight is 250 g/mol. The Morgan fingerprint density at radius 2 is 2.13 bits per heavy atom. The van der Waals surface area contributed by atoms with Crippen molar-refractivity contribution in [1.29, 1.82) is 0 Å². The maximum absolute atomic E-state index is 11.0. The molecule has 82 valence electrons. The molecule has 0 aliphatic carbocycles. The number of esters is 1. The van der Waals surface area contributed by atoms with E-state index < -0.39 is 5.97 Å². The van der Waals surface area contributed by atoms with Gasteiger partial charge in [0.1, 0.15) is 5.75 Å². The zero-order valence-corrected chi connectivity index (χ0v) is 9.64. The van der Waals surface area contributed by atoms with Crippen molar-refractivity contribution in [3.05, 3.63) is 28.2 Å². The summed E-state index contributed by atoms with van der Waals surface area (Å²) >= 11 is 11.5. The van der Waals surface area contributed by atoms with Gasteiger partial charge < -0.3 is 9.47 Å². The molecule has 1 aromatic rings. The number of rotatable bonds is 4. The smallest absolute Gasteiger partial charge is 0.344 e. The minimum absolute atomic E-state index is 0.158. The lowest BCUT2D eigenvalue weighted by Crippen LogP contribution is -2.14. The Labute approximate surface area is 97.9 Å². The molecule has 0 bridgehead atoms. The summed E-state index contributed by atoms with van der Waals surface area (Å²) in [6.07, 6.45) is 0. The second kappa shape index (κ2) is 5.83. The van der Waals surface area contributed by atoms with Crippen LogP contribution in [0.4, 0.5) is 0 Å². The van der Waals surface area contributed by atoms with Crippen LogP contribution in [0.5, 0.6) is 5.75 Å². The van der Waals surface area contributed by atoms with Gasteiger partial charge in [0.05, 0.1) is 11.6 Å². The summed E-state index contributed by atoms with van der Waals surface area (Å²) in [5, 5.41) is 0.885. The standard InChI is InChI=1S/C10H10Cl2O3/c1-2-14-10(13)6-15-9-4-3-7(11)5-8(9)12/h3-5H,2,6H2,1H3/i6+1. The molecule has 0 spiro atoms. The van der Waals surface area contributed by atoms with Crippen molar-refractivity contribution in [2.75, 3.05) is 13.2 Å². The van der Waals surface area contributed by atoms with Gasteiger partial charge in [0.15, 0.2) is 6.61 Å². The molecule has 3 nitrogen and oxygen atoms in total. The van der Waals surface area contributed by atoms with Crippen molar-refractivity contribution in [2.45, 2.75) is 6.92 Å². The first-order valence-electron chi connectivity index (χ1n) is 4.37. The van der Waals surface area contributed by atoms with E-state index in [1.165, 1.54) is 0 Å². The molecule has 0 aromatic heterocycles. The molecule has 0 aliphatic heterocycles. The van der Waals surface area contributed by atoms with Crippen LogP contribution in [0.1, 0.15) is 6.92 Å². The van der Waals surface area contributed by atoms with E-state index in [4.69, 9.17) is 32.7 Å². The van der Waals surface area contributed by atoms with Crippen LogP contribution in [-0.2, 0) is 9.53 Å². The van der Waals surface area contributed by atoms with Crippen molar-refractivity contribution in [2.24, 2.45) is 0 Å². The molecule has 0 heterocycles. The molecular weight excluding hydrogens is 240 g/mol. The van der Waals surface area contributed by atoms with Crippen LogP contribution in [0.25, 0.3) is 0 Å². The quantitative estimate of drug-likeness (QED) is 0.608. The molecule has 0 unspecified atom stereocenters. The molecule has 0 fully saturated rings. The number of benzene rings is 1. The monoisotopic (exact) mass is 249 g/mol. The summed E-state index contributed by atoms with van der Waals surface area (Å²) in [5.41, 5.74) is 0. The van der Waals surface area contributed by atoms with Gasteiger partial charge in [0, 0.05) is 5.02 Å². The minimum atomic E-state index is -0.427. The van der Waals surface area contributed by atoms with Gasteiger partial charge in [0.2, 0.25) is 0 Å². The second-order valence-electron chi connectivity index (χ2n) is 2.67. The van der Waals surface area contributed by atoms with Gasteiger partial charge in [-0.25, -0.2) is 4.79 Å². The van der Waals surface area contributed by atoms with Crippen LogP contribution < -0.4 is 4.74 Å². The summed E-state index contributed by atoms with van der Waals surface area (Å²) in [5.74, 6) is -0.0161. The topological polar surface area (TPSA) is 35.5 Å². The largest absolute Gasteiger partial charge is 0.480 e. The molecule has 15 heavy (non-hydrogen) atoms. The SMILES string of the molecule is CCOC(=O)[13CH2]Oc1ccc(Cl)cc1Cl. The Bertz CT molecular complexity index is 353. The van der Waals surface area contributed by atoms with Crippen LogP contribution in [-0.4, -0.2) is 19.2 Å². The van der Waals surface area contributed by atoms with Crippen molar-refractivity contribution >= 4 is 29.2 Å². The zero-order chi connectivity index (χ0) is 11.3. The lowest BCUT2D eigenvalue weighted by molar-refractivity contribution is -0.145. The van der Waals surface area contributed by atoms with Gasteiger partial charge in [0.25, 0.3) is 0 Å². The maximum Gasteiger partial charge on any atom is 0.344 e. The van der Waals surface area contributed by atoms with E-state index in [2.05, 4.69) is 0 Å². The van der Waals surface area contributed by atoms with Crippen molar-refractivity contribution < 1.29 is 14.3 Å². The summed E-state index contributed by atoms with van der Waals surface area (Å²) < 4.78 is 9.84. The summed E-state index contributed by atoms with van der Waals surface area (Å²) in [7, 11) is 0. The van der Waals surface area contributed by atoms with E-state index in [0.29, 0.717) is 22.4 Å². The van der Waals surface area contributed by atoms with E-state index in [0.717, 1.165) is 0 Å². The first-order valence-corrected chi connectivity index (χ1v) is 5.12. The number of halogens is 2. The van der Waals surface area contributed by atoms with Crippen LogP contribution in [0, 0.1) is 0 Å². The number of carbonyl (C=O) groups excluding carboxylic acids is 1. The van der Waals surface area contributed by atoms with Gasteiger partial charge in [-0.05, 0) is 25.1 Å². The first-order chi connectivity index (χ1) is 7.13. The fraction of sp³-hybridized carbons (Fsp3) is 0.300. The molecule has 5 heteroatoms. The third kappa shape index (κ3) is 3.98. The van der Waals surface area contributed by atoms with Gasteiger partial charge in [-0.1, -0.05) is 23.2 Å². The number of hydrogen-bond acceptors (Lipinski definition) is 3. The highest BCUT2D eigenvalue weighted by Gasteiger charge is 2.06. The average Bonchev–Trinajstić information content (AvgIpc) is 2.17.